The maximum absolute atomic E-state index is 2.65. The summed E-state index contributed by atoms with van der Waals surface area (Å²) in [5, 5.41) is 13.0. The molecule has 0 N–H and O–H groups in total. The Balaban J connectivity index is 0.993. The van der Waals surface area contributed by atoms with E-state index in [0.29, 0.717) is 0 Å². The standard InChI is InChI=1S/C98H88/c1-55-27-25-28-56(2)85(55)73-39-41-75(67-33-19-17-31-65(67)73)89-71-37-23-24-38-72(71)90(76-42-40-74(66-32-18-20-34-68(66)76)86-57(3)29-26-30-58(86)4)84-54-82-78-44-46-80-92-79(45-43-77(91(78)92)81(82)53-83(84)89)93-87(59-47-61(95(5,6)7)51-62(48-59)96(8,9)10)69-35-21-22-36-70(69)88(94(80)93)60-49-63(97(11,12)13)52-64(50-60)98(14,15)16/h17-54,65,67H,1-16H3. The van der Waals surface area contributed by atoms with E-state index in [-0.39, 0.29) is 33.5 Å². The molecule has 17 rings (SSSR count). The third-order valence-corrected chi connectivity index (χ3v) is 22.9. The smallest absolute Gasteiger partial charge is 0.0131 e. The number of aryl methyl sites for hydroxylation is 4. The maximum Gasteiger partial charge on any atom is 0.0131 e. The van der Waals surface area contributed by atoms with Gasteiger partial charge in [0.1, 0.15) is 0 Å². The maximum atomic E-state index is 2.65. The van der Waals surface area contributed by atoms with Crippen LogP contribution in [-0.2, 0) is 21.7 Å². The summed E-state index contributed by atoms with van der Waals surface area (Å²) in [5.41, 5.74) is 36.7. The zero-order valence-electron chi connectivity index (χ0n) is 60.1. The van der Waals surface area contributed by atoms with Gasteiger partial charge in [0, 0.05) is 11.8 Å². The van der Waals surface area contributed by atoms with Crippen LogP contribution in [0.25, 0.3) is 154 Å². The normalized spacial score (nSPS) is 15.6. The molecular weight excluding hydrogens is 1180 g/mol. The van der Waals surface area contributed by atoms with Gasteiger partial charge < -0.3 is 0 Å². The molecule has 0 nitrogen and oxygen atoms in total. The zero-order chi connectivity index (χ0) is 68.0. The van der Waals surface area contributed by atoms with Crippen molar-refractivity contribution in [3.8, 4) is 89.0 Å². The predicted octanol–water partition coefficient (Wildman–Crippen LogP) is 27.7. The second-order valence-corrected chi connectivity index (χ2v) is 33.3. The fourth-order valence-electron chi connectivity index (χ4n) is 17.8. The van der Waals surface area contributed by atoms with Gasteiger partial charge >= 0.3 is 0 Å². The molecule has 480 valence electrons. The molecular formula is C98H88. The van der Waals surface area contributed by atoms with Gasteiger partial charge in [0.25, 0.3) is 0 Å². The molecule has 0 saturated heterocycles. The lowest BCUT2D eigenvalue weighted by atomic mass is 9.69. The molecule has 2 unspecified atom stereocenters. The number of benzene rings is 13. The van der Waals surface area contributed by atoms with Crippen molar-refractivity contribution in [2.24, 2.45) is 11.8 Å². The molecule has 0 spiro atoms. The van der Waals surface area contributed by atoms with Crippen LogP contribution in [0.1, 0.15) is 139 Å². The molecule has 0 heteroatoms. The van der Waals surface area contributed by atoms with E-state index in [9.17, 15) is 0 Å². The first-order chi connectivity index (χ1) is 46.8. The topological polar surface area (TPSA) is 0 Å². The molecule has 0 saturated carbocycles. The molecule has 0 aromatic heterocycles. The van der Waals surface area contributed by atoms with Gasteiger partial charge in [-0.3, -0.25) is 0 Å². The highest BCUT2D eigenvalue weighted by atomic mass is 14.4. The minimum Gasteiger partial charge on any atom is -0.0761 e. The minimum atomic E-state index is -0.0749. The summed E-state index contributed by atoms with van der Waals surface area (Å²) in [6, 6.07) is 76.9. The van der Waals surface area contributed by atoms with Crippen molar-refractivity contribution in [3.63, 3.8) is 0 Å². The lowest BCUT2D eigenvalue weighted by Gasteiger charge is -2.34. The number of fused-ring (bicyclic) bond motifs is 11. The largest absolute Gasteiger partial charge is 0.0761 e. The quantitative estimate of drug-likeness (QED) is 0.146. The molecule has 13 aromatic rings. The second kappa shape index (κ2) is 21.8. The molecule has 0 fully saturated rings. The van der Waals surface area contributed by atoms with Gasteiger partial charge in [0.15, 0.2) is 0 Å². The molecule has 0 bridgehead atoms. The number of rotatable bonds is 6. The Labute approximate surface area is 580 Å². The van der Waals surface area contributed by atoms with Crippen molar-refractivity contribution in [2.45, 2.75) is 132 Å². The van der Waals surface area contributed by atoms with E-state index in [0.717, 1.165) is 0 Å². The highest BCUT2D eigenvalue weighted by molar-refractivity contribution is 6.34. The molecule has 2 atom stereocenters. The fraction of sp³-hybridized carbons (Fsp3) is 0.224. The van der Waals surface area contributed by atoms with E-state index in [1.54, 1.807) is 0 Å². The van der Waals surface area contributed by atoms with Crippen molar-refractivity contribution in [3.05, 3.63) is 286 Å². The van der Waals surface area contributed by atoms with Gasteiger partial charge in [-0.05, 0) is 271 Å². The third-order valence-electron chi connectivity index (χ3n) is 22.9. The van der Waals surface area contributed by atoms with Gasteiger partial charge in [-0.25, -0.2) is 0 Å². The Hall–Kier alpha value is -9.88. The Kier molecular flexibility index (Phi) is 13.7. The summed E-state index contributed by atoms with van der Waals surface area (Å²) in [5.74, 6) is 0.284. The lowest BCUT2D eigenvalue weighted by molar-refractivity contribution is 0.568. The molecule has 4 aliphatic rings. The molecule has 0 radical (unpaired) electrons. The van der Waals surface area contributed by atoms with Crippen LogP contribution in [0, 0.1) is 39.5 Å². The highest BCUT2D eigenvalue weighted by Crippen LogP contribution is 2.64. The van der Waals surface area contributed by atoms with Crippen LogP contribution in [0.4, 0.5) is 0 Å². The van der Waals surface area contributed by atoms with Crippen LogP contribution in [-0.4, -0.2) is 0 Å². The zero-order valence-corrected chi connectivity index (χ0v) is 60.1. The number of allylic oxidation sites excluding steroid dienone is 8. The predicted molar refractivity (Wildman–Crippen MR) is 426 cm³/mol. The second-order valence-electron chi connectivity index (χ2n) is 33.3. The van der Waals surface area contributed by atoms with E-state index in [4.69, 9.17) is 0 Å². The number of hydrogen-bond donors (Lipinski definition) is 0. The van der Waals surface area contributed by atoms with Crippen LogP contribution in [0.5, 0.6) is 0 Å². The average molecular weight is 1270 g/mol. The molecule has 98 heavy (non-hydrogen) atoms. The van der Waals surface area contributed by atoms with Crippen molar-refractivity contribution < 1.29 is 0 Å². The summed E-state index contributed by atoms with van der Waals surface area (Å²) >= 11 is 0. The van der Waals surface area contributed by atoms with Crippen molar-refractivity contribution >= 4 is 65.0 Å². The van der Waals surface area contributed by atoms with Crippen LogP contribution < -0.4 is 0 Å². The Bertz CT molecular complexity index is 5570. The highest BCUT2D eigenvalue weighted by Gasteiger charge is 2.39. The minimum absolute atomic E-state index is 0.0749. The Morgan fingerprint density at radius 2 is 0.551 bits per heavy atom. The van der Waals surface area contributed by atoms with Crippen LogP contribution in [0.15, 0.2) is 231 Å². The van der Waals surface area contributed by atoms with Crippen molar-refractivity contribution in [1.29, 1.82) is 0 Å². The van der Waals surface area contributed by atoms with E-state index >= 15 is 0 Å². The summed E-state index contributed by atoms with van der Waals surface area (Å²) in [7, 11) is 0. The molecule has 4 aliphatic carbocycles. The first-order valence-corrected chi connectivity index (χ1v) is 35.8. The lowest BCUT2D eigenvalue weighted by Crippen LogP contribution is -2.20. The van der Waals surface area contributed by atoms with Gasteiger partial charge in [-0.15, -0.1) is 0 Å². The summed E-state index contributed by atoms with van der Waals surface area (Å²) in [6.07, 6.45) is 14.5. The summed E-state index contributed by atoms with van der Waals surface area (Å²) < 4.78 is 0. The molecule has 0 aliphatic heterocycles. The van der Waals surface area contributed by atoms with Crippen LogP contribution in [0.2, 0.25) is 0 Å². The molecule has 13 aromatic carbocycles. The summed E-state index contributed by atoms with van der Waals surface area (Å²) in [6.45, 7) is 37.6. The fourth-order valence-corrected chi connectivity index (χ4v) is 17.8. The SMILES string of the molecule is Cc1cccc(C)c1C1=CC=C(c2c3ccccc3c(-c3ccc(-c4c(C)cccc4C)c4ccccc34)c3cc4c(cc23)-c2ccc3c5c(ccc-4c25)-c2c-3c(-c3cc(C(C)(C)C)cc(C(C)(C)C)c3)c3ccccc3c2-c2cc(C(C)(C)C)cc(C(C)(C)C)c2)C2C=CC=CC12. The monoisotopic (exact) mass is 1260 g/mol. The summed E-state index contributed by atoms with van der Waals surface area (Å²) in [4.78, 5) is 0. The van der Waals surface area contributed by atoms with E-state index < -0.39 is 0 Å². The van der Waals surface area contributed by atoms with Crippen molar-refractivity contribution in [1.82, 2.24) is 0 Å². The van der Waals surface area contributed by atoms with Crippen LogP contribution >= 0.6 is 0 Å². The molecule has 0 heterocycles. The van der Waals surface area contributed by atoms with Gasteiger partial charge in [-0.2, -0.15) is 0 Å². The van der Waals surface area contributed by atoms with Gasteiger partial charge in [0.05, 0.1) is 0 Å². The Morgan fingerprint density at radius 3 is 0.959 bits per heavy atom. The third kappa shape index (κ3) is 9.37. The Morgan fingerprint density at radius 1 is 0.235 bits per heavy atom. The van der Waals surface area contributed by atoms with E-state index in [1.807, 2.05) is 0 Å². The first-order valence-electron chi connectivity index (χ1n) is 35.8. The first kappa shape index (κ1) is 61.7. The van der Waals surface area contributed by atoms with Gasteiger partial charge in [-0.1, -0.05) is 302 Å². The van der Waals surface area contributed by atoms with Crippen molar-refractivity contribution in [2.75, 3.05) is 0 Å². The van der Waals surface area contributed by atoms with Gasteiger partial charge in [0.2, 0.25) is 0 Å². The molecule has 0 amide bonds. The van der Waals surface area contributed by atoms with E-state index in [1.165, 1.54) is 210 Å². The van der Waals surface area contributed by atoms with Crippen LogP contribution in [0.3, 0.4) is 0 Å². The number of hydrogen-bond acceptors (Lipinski definition) is 0. The average Bonchev–Trinajstić information content (AvgIpc) is 1.50. The van der Waals surface area contributed by atoms with E-state index in [2.05, 4.69) is 341 Å².